The van der Waals surface area contributed by atoms with Gasteiger partial charge in [0, 0.05) is 11.9 Å². The van der Waals surface area contributed by atoms with Crippen molar-refractivity contribution in [3.63, 3.8) is 0 Å². The first kappa shape index (κ1) is 10.2. The van der Waals surface area contributed by atoms with Crippen LogP contribution in [0.4, 0.5) is 0 Å². The van der Waals surface area contributed by atoms with Gasteiger partial charge < -0.3 is 4.74 Å². The van der Waals surface area contributed by atoms with E-state index in [0.717, 1.165) is 24.4 Å². The Balaban J connectivity index is 1.88. The standard InChI is InChI=1S/C10H13N3OS/c1-2-3-13-5-10(4-12-13)14-6-9-7-15-8-11-9/h4-5,7-8H,2-3,6H2,1H3. The van der Waals surface area contributed by atoms with E-state index in [1.165, 1.54) is 0 Å². The van der Waals surface area contributed by atoms with Gasteiger partial charge in [0.25, 0.3) is 0 Å². The van der Waals surface area contributed by atoms with Crippen LogP contribution in [0.25, 0.3) is 0 Å². The molecule has 0 aromatic carbocycles. The third-order valence-electron chi connectivity index (χ3n) is 1.93. The van der Waals surface area contributed by atoms with E-state index >= 15 is 0 Å². The molecule has 2 aromatic rings. The van der Waals surface area contributed by atoms with Gasteiger partial charge in [0.05, 0.1) is 23.6 Å². The number of nitrogens with zero attached hydrogens (tertiary/aromatic N) is 3. The molecule has 0 atom stereocenters. The average Bonchev–Trinajstić information content (AvgIpc) is 2.85. The summed E-state index contributed by atoms with van der Waals surface area (Å²) in [6.07, 6.45) is 4.73. The largest absolute Gasteiger partial charge is 0.484 e. The van der Waals surface area contributed by atoms with Crippen LogP contribution in [-0.4, -0.2) is 14.8 Å². The van der Waals surface area contributed by atoms with E-state index in [4.69, 9.17) is 4.74 Å². The van der Waals surface area contributed by atoms with E-state index in [1.807, 2.05) is 16.3 Å². The fraction of sp³-hybridized carbons (Fsp3) is 0.400. The molecule has 0 saturated heterocycles. The monoisotopic (exact) mass is 223 g/mol. The highest BCUT2D eigenvalue weighted by Gasteiger charge is 2.00. The van der Waals surface area contributed by atoms with Crippen LogP contribution in [0.2, 0.25) is 0 Å². The zero-order chi connectivity index (χ0) is 10.5. The van der Waals surface area contributed by atoms with E-state index < -0.39 is 0 Å². The van der Waals surface area contributed by atoms with Gasteiger partial charge in [-0.2, -0.15) is 5.10 Å². The number of ether oxygens (including phenoxy) is 1. The minimum Gasteiger partial charge on any atom is -0.484 e. The summed E-state index contributed by atoms with van der Waals surface area (Å²) in [6.45, 7) is 3.57. The Morgan fingerprint density at radius 3 is 3.20 bits per heavy atom. The molecule has 2 aromatic heterocycles. The molecule has 15 heavy (non-hydrogen) atoms. The Kier molecular flexibility index (Phi) is 3.34. The fourth-order valence-electron chi connectivity index (χ4n) is 1.24. The molecule has 80 valence electrons. The molecule has 0 spiro atoms. The van der Waals surface area contributed by atoms with Crippen molar-refractivity contribution >= 4 is 11.3 Å². The summed E-state index contributed by atoms with van der Waals surface area (Å²) < 4.78 is 7.42. The molecular weight excluding hydrogens is 210 g/mol. The number of thiazole rings is 1. The first-order valence-electron chi connectivity index (χ1n) is 4.91. The Hall–Kier alpha value is -1.36. The van der Waals surface area contributed by atoms with Gasteiger partial charge in [-0.1, -0.05) is 6.92 Å². The van der Waals surface area contributed by atoms with Crippen molar-refractivity contribution in [2.75, 3.05) is 0 Å². The number of hydrogen-bond donors (Lipinski definition) is 0. The lowest BCUT2D eigenvalue weighted by Gasteiger charge is -1.99. The Labute approximate surface area is 92.5 Å². The van der Waals surface area contributed by atoms with E-state index in [2.05, 4.69) is 17.0 Å². The van der Waals surface area contributed by atoms with Gasteiger partial charge in [-0.05, 0) is 6.42 Å². The molecule has 0 aliphatic carbocycles. The van der Waals surface area contributed by atoms with Crippen molar-refractivity contribution in [3.05, 3.63) is 29.0 Å². The van der Waals surface area contributed by atoms with Crippen LogP contribution in [0.1, 0.15) is 19.0 Å². The average molecular weight is 223 g/mol. The maximum atomic E-state index is 5.54. The molecule has 0 radical (unpaired) electrons. The molecule has 0 bridgehead atoms. The van der Waals surface area contributed by atoms with Crippen LogP contribution in [0.3, 0.4) is 0 Å². The van der Waals surface area contributed by atoms with Gasteiger partial charge in [-0.15, -0.1) is 11.3 Å². The van der Waals surface area contributed by atoms with Crippen LogP contribution < -0.4 is 4.74 Å². The SMILES string of the molecule is CCCn1cc(OCc2cscn2)cn1. The molecule has 2 heterocycles. The van der Waals surface area contributed by atoms with Crippen molar-refractivity contribution in [2.24, 2.45) is 0 Å². The normalized spacial score (nSPS) is 10.5. The van der Waals surface area contributed by atoms with Crippen LogP contribution >= 0.6 is 11.3 Å². The van der Waals surface area contributed by atoms with Gasteiger partial charge in [0.15, 0.2) is 5.75 Å². The van der Waals surface area contributed by atoms with E-state index in [-0.39, 0.29) is 0 Å². The van der Waals surface area contributed by atoms with Crippen molar-refractivity contribution in [3.8, 4) is 5.75 Å². The lowest BCUT2D eigenvalue weighted by molar-refractivity contribution is 0.301. The third kappa shape index (κ3) is 2.79. The van der Waals surface area contributed by atoms with Crippen molar-refractivity contribution in [1.29, 1.82) is 0 Å². The first-order valence-corrected chi connectivity index (χ1v) is 5.85. The van der Waals surface area contributed by atoms with Crippen molar-refractivity contribution < 1.29 is 4.74 Å². The van der Waals surface area contributed by atoms with Crippen molar-refractivity contribution in [2.45, 2.75) is 26.5 Å². The predicted octanol–water partition coefficient (Wildman–Crippen LogP) is 2.33. The summed E-state index contributed by atoms with van der Waals surface area (Å²) in [4.78, 5) is 4.14. The number of aryl methyl sites for hydroxylation is 1. The molecule has 0 N–H and O–H groups in total. The van der Waals surface area contributed by atoms with E-state index in [1.54, 1.807) is 23.0 Å². The second-order valence-electron chi connectivity index (χ2n) is 3.21. The lowest BCUT2D eigenvalue weighted by atomic mass is 10.5. The summed E-state index contributed by atoms with van der Waals surface area (Å²) in [7, 11) is 0. The summed E-state index contributed by atoms with van der Waals surface area (Å²) in [5, 5.41) is 6.16. The minimum atomic E-state index is 0.515. The number of aromatic nitrogens is 3. The zero-order valence-electron chi connectivity index (χ0n) is 8.59. The first-order chi connectivity index (χ1) is 7.38. The quantitative estimate of drug-likeness (QED) is 0.781. The van der Waals surface area contributed by atoms with Crippen LogP contribution in [0.5, 0.6) is 5.75 Å². The van der Waals surface area contributed by atoms with Gasteiger partial charge in [0.2, 0.25) is 0 Å². The van der Waals surface area contributed by atoms with E-state index in [0.29, 0.717) is 6.61 Å². The molecule has 0 saturated carbocycles. The van der Waals surface area contributed by atoms with Crippen molar-refractivity contribution in [1.82, 2.24) is 14.8 Å². The lowest BCUT2D eigenvalue weighted by Crippen LogP contribution is -1.96. The Bertz CT molecular complexity index is 396. The smallest absolute Gasteiger partial charge is 0.157 e. The number of rotatable bonds is 5. The molecule has 0 aliphatic heterocycles. The molecular formula is C10H13N3OS. The highest BCUT2D eigenvalue weighted by atomic mass is 32.1. The minimum absolute atomic E-state index is 0.515. The van der Waals surface area contributed by atoms with Crippen LogP contribution in [-0.2, 0) is 13.2 Å². The fourth-order valence-corrected chi connectivity index (χ4v) is 1.78. The predicted molar refractivity (Wildman–Crippen MR) is 59.0 cm³/mol. The Morgan fingerprint density at radius 2 is 2.47 bits per heavy atom. The van der Waals surface area contributed by atoms with Gasteiger partial charge in [-0.3, -0.25) is 4.68 Å². The van der Waals surface area contributed by atoms with Gasteiger partial charge in [0.1, 0.15) is 6.61 Å². The zero-order valence-corrected chi connectivity index (χ0v) is 9.41. The maximum absolute atomic E-state index is 5.54. The van der Waals surface area contributed by atoms with Crippen LogP contribution in [0, 0.1) is 0 Å². The summed E-state index contributed by atoms with van der Waals surface area (Å²) in [5.74, 6) is 0.802. The third-order valence-corrected chi connectivity index (χ3v) is 2.57. The summed E-state index contributed by atoms with van der Waals surface area (Å²) in [5.41, 5.74) is 2.77. The van der Waals surface area contributed by atoms with Crippen LogP contribution in [0.15, 0.2) is 23.3 Å². The second kappa shape index (κ2) is 4.93. The van der Waals surface area contributed by atoms with E-state index in [9.17, 15) is 0 Å². The molecule has 0 amide bonds. The highest BCUT2D eigenvalue weighted by molar-refractivity contribution is 7.07. The summed E-state index contributed by atoms with van der Waals surface area (Å²) in [6, 6.07) is 0. The molecule has 2 rings (SSSR count). The molecule has 5 heteroatoms. The maximum Gasteiger partial charge on any atom is 0.157 e. The van der Waals surface area contributed by atoms with Gasteiger partial charge >= 0.3 is 0 Å². The highest BCUT2D eigenvalue weighted by Crippen LogP contribution is 2.11. The van der Waals surface area contributed by atoms with Gasteiger partial charge in [-0.25, -0.2) is 4.98 Å². The number of hydrogen-bond acceptors (Lipinski definition) is 4. The Morgan fingerprint density at radius 1 is 1.53 bits per heavy atom. The molecule has 0 aliphatic rings. The second-order valence-corrected chi connectivity index (χ2v) is 3.93. The molecule has 0 unspecified atom stereocenters. The molecule has 4 nitrogen and oxygen atoms in total. The molecule has 0 fully saturated rings. The topological polar surface area (TPSA) is 39.9 Å². The summed E-state index contributed by atoms with van der Waals surface area (Å²) >= 11 is 1.58.